The molecule has 3 aromatic rings. The van der Waals surface area contributed by atoms with Gasteiger partial charge in [-0.1, -0.05) is 24.3 Å². The third kappa shape index (κ3) is 5.62. The Morgan fingerprint density at radius 1 is 1.13 bits per heavy atom. The van der Waals surface area contributed by atoms with Gasteiger partial charge in [-0.25, -0.2) is 9.78 Å². The van der Waals surface area contributed by atoms with E-state index < -0.39 is 5.97 Å². The molecule has 0 N–H and O–H groups in total. The molecular weight excluding hydrogens is 414 g/mol. The molecule has 0 amide bonds. The molecule has 0 fully saturated rings. The molecule has 0 radical (unpaired) electrons. The van der Waals surface area contributed by atoms with Crippen LogP contribution in [0.3, 0.4) is 0 Å². The van der Waals surface area contributed by atoms with E-state index in [0.29, 0.717) is 22.2 Å². The van der Waals surface area contributed by atoms with Crippen LogP contribution in [0.5, 0.6) is 17.4 Å². The Morgan fingerprint density at radius 2 is 1.87 bits per heavy atom. The summed E-state index contributed by atoms with van der Waals surface area (Å²) in [5, 5.41) is 9.62. The van der Waals surface area contributed by atoms with E-state index in [0.717, 1.165) is 17.2 Å². The Kier molecular flexibility index (Phi) is 7.25. The summed E-state index contributed by atoms with van der Waals surface area (Å²) in [4.78, 5) is 20.7. The van der Waals surface area contributed by atoms with Crippen molar-refractivity contribution in [1.29, 1.82) is 5.26 Å². The summed E-state index contributed by atoms with van der Waals surface area (Å²) in [5.74, 6) is 0.579. The molecule has 2 aromatic carbocycles. The van der Waals surface area contributed by atoms with E-state index in [2.05, 4.69) is 16.0 Å². The maximum Gasteiger partial charge on any atom is 0.339 e. The standard InChI is InChI=1S/C23H19N3O4S/c1-15-25-22(21(23(26-15)31-3)30-20(27)10-11-28-2)29-19-9-5-8-18(13-19)17-7-4-6-16(12-17)14-24/h4-13H,1-3H3. The second-order valence-corrected chi connectivity index (χ2v) is 6.99. The maximum atomic E-state index is 12.1. The summed E-state index contributed by atoms with van der Waals surface area (Å²) in [6.45, 7) is 1.73. The van der Waals surface area contributed by atoms with Crippen molar-refractivity contribution in [2.45, 2.75) is 11.9 Å². The molecule has 0 unspecified atom stereocenters. The molecule has 31 heavy (non-hydrogen) atoms. The van der Waals surface area contributed by atoms with E-state index in [1.807, 2.05) is 36.6 Å². The molecule has 156 valence electrons. The molecule has 3 rings (SSSR count). The topological polar surface area (TPSA) is 94.3 Å². The third-order valence-electron chi connectivity index (χ3n) is 4.02. The number of carbonyl (C=O) groups excluding carboxylic acids is 1. The summed E-state index contributed by atoms with van der Waals surface area (Å²) >= 11 is 1.31. The first-order valence-corrected chi connectivity index (χ1v) is 10.4. The number of aromatic nitrogens is 2. The van der Waals surface area contributed by atoms with Crippen LogP contribution in [0.4, 0.5) is 0 Å². The highest BCUT2D eigenvalue weighted by Crippen LogP contribution is 2.37. The van der Waals surface area contributed by atoms with Crippen molar-refractivity contribution in [3.05, 3.63) is 72.3 Å². The number of hydrogen-bond acceptors (Lipinski definition) is 8. The largest absolute Gasteiger partial charge is 0.504 e. The number of hydrogen-bond donors (Lipinski definition) is 0. The van der Waals surface area contributed by atoms with Gasteiger partial charge in [-0.05, 0) is 48.6 Å². The lowest BCUT2D eigenvalue weighted by molar-refractivity contribution is -0.129. The van der Waals surface area contributed by atoms with E-state index in [1.54, 1.807) is 25.1 Å². The minimum atomic E-state index is -0.642. The van der Waals surface area contributed by atoms with Crippen LogP contribution in [-0.4, -0.2) is 29.3 Å². The SMILES string of the molecule is COC=CC(=O)Oc1c(Oc2cccc(-c3cccc(C#N)c3)c2)nc(C)nc1SC. The van der Waals surface area contributed by atoms with E-state index in [4.69, 9.17) is 19.5 Å². The normalized spacial score (nSPS) is 10.5. The highest BCUT2D eigenvalue weighted by atomic mass is 32.2. The molecule has 0 saturated heterocycles. The van der Waals surface area contributed by atoms with Crippen LogP contribution >= 0.6 is 11.8 Å². The number of thioether (sulfide) groups is 1. The van der Waals surface area contributed by atoms with Crippen LogP contribution in [0.1, 0.15) is 11.4 Å². The van der Waals surface area contributed by atoms with Crippen molar-refractivity contribution >= 4 is 17.7 Å². The summed E-state index contributed by atoms with van der Waals surface area (Å²) in [6.07, 6.45) is 4.18. The number of carbonyl (C=O) groups is 1. The van der Waals surface area contributed by atoms with Crippen LogP contribution in [0.25, 0.3) is 11.1 Å². The number of nitriles is 1. The van der Waals surface area contributed by atoms with Crippen LogP contribution in [-0.2, 0) is 9.53 Å². The minimum Gasteiger partial charge on any atom is -0.504 e. The van der Waals surface area contributed by atoms with Gasteiger partial charge in [-0.3, -0.25) is 0 Å². The second kappa shape index (κ2) is 10.3. The van der Waals surface area contributed by atoms with E-state index in [1.165, 1.54) is 25.1 Å². The Balaban J connectivity index is 1.96. The molecule has 0 spiro atoms. The van der Waals surface area contributed by atoms with Crippen molar-refractivity contribution in [1.82, 2.24) is 9.97 Å². The van der Waals surface area contributed by atoms with Gasteiger partial charge < -0.3 is 14.2 Å². The van der Waals surface area contributed by atoms with Gasteiger partial charge in [0.1, 0.15) is 16.6 Å². The molecule has 0 aliphatic carbocycles. The lowest BCUT2D eigenvalue weighted by atomic mass is 10.0. The van der Waals surface area contributed by atoms with Gasteiger partial charge in [-0.15, -0.1) is 11.8 Å². The number of aryl methyl sites for hydroxylation is 1. The number of methoxy groups -OCH3 is 1. The van der Waals surface area contributed by atoms with Crippen molar-refractivity contribution < 1.29 is 19.0 Å². The Morgan fingerprint density at radius 3 is 2.58 bits per heavy atom. The molecule has 0 saturated carbocycles. The maximum absolute atomic E-state index is 12.1. The monoisotopic (exact) mass is 433 g/mol. The predicted molar refractivity (Wildman–Crippen MR) is 117 cm³/mol. The fourth-order valence-electron chi connectivity index (χ4n) is 2.68. The molecular formula is C23H19N3O4S. The average Bonchev–Trinajstić information content (AvgIpc) is 2.79. The number of benzene rings is 2. The molecule has 0 aliphatic heterocycles. The Labute approximate surface area is 184 Å². The fourth-order valence-corrected chi connectivity index (χ4v) is 3.22. The second-order valence-electron chi connectivity index (χ2n) is 6.20. The van der Waals surface area contributed by atoms with Gasteiger partial charge in [0, 0.05) is 0 Å². The predicted octanol–water partition coefficient (Wildman–Crippen LogP) is 4.90. The first-order chi connectivity index (χ1) is 15.0. The fraction of sp³-hybridized carbons (Fsp3) is 0.130. The van der Waals surface area contributed by atoms with Crippen LogP contribution in [0, 0.1) is 18.3 Å². The van der Waals surface area contributed by atoms with Crippen molar-refractivity contribution in [2.24, 2.45) is 0 Å². The van der Waals surface area contributed by atoms with Crippen LogP contribution in [0.15, 0.2) is 65.9 Å². The highest BCUT2D eigenvalue weighted by Gasteiger charge is 2.19. The van der Waals surface area contributed by atoms with E-state index in [-0.39, 0.29) is 11.6 Å². The van der Waals surface area contributed by atoms with E-state index in [9.17, 15) is 4.79 Å². The number of rotatable bonds is 7. The van der Waals surface area contributed by atoms with Crippen molar-refractivity contribution in [3.8, 4) is 34.6 Å². The number of nitrogens with zero attached hydrogens (tertiary/aromatic N) is 3. The molecule has 8 heteroatoms. The highest BCUT2D eigenvalue weighted by molar-refractivity contribution is 7.98. The smallest absolute Gasteiger partial charge is 0.339 e. The molecule has 7 nitrogen and oxygen atoms in total. The lowest BCUT2D eigenvalue weighted by Crippen LogP contribution is -2.08. The number of ether oxygens (including phenoxy) is 3. The number of esters is 1. The van der Waals surface area contributed by atoms with Gasteiger partial charge in [-0.2, -0.15) is 10.2 Å². The summed E-state index contributed by atoms with van der Waals surface area (Å²) in [6, 6.07) is 16.8. The van der Waals surface area contributed by atoms with Gasteiger partial charge in [0.15, 0.2) is 0 Å². The van der Waals surface area contributed by atoms with Gasteiger partial charge >= 0.3 is 5.97 Å². The average molecular weight is 433 g/mol. The van der Waals surface area contributed by atoms with Crippen LogP contribution < -0.4 is 9.47 Å². The summed E-state index contributed by atoms with van der Waals surface area (Å²) < 4.78 is 16.2. The molecule has 0 bridgehead atoms. The van der Waals surface area contributed by atoms with Gasteiger partial charge in [0.05, 0.1) is 31.1 Å². The first-order valence-electron chi connectivity index (χ1n) is 9.16. The quantitative estimate of drug-likeness (QED) is 0.171. The third-order valence-corrected chi connectivity index (χ3v) is 4.69. The van der Waals surface area contributed by atoms with Crippen LogP contribution in [0.2, 0.25) is 0 Å². The zero-order valence-corrected chi connectivity index (χ0v) is 18.0. The zero-order chi connectivity index (χ0) is 22.2. The van der Waals surface area contributed by atoms with Gasteiger partial charge in [0.2, 0.25) is 5.75 Å². The minimum absolute atomic E-state index is 0.124. The zero-order valence-electron chi connectivity index (χ0n) is 17.2. The van der Waals surface area contributed by atoms with E-state index >= 15 is 0 Å². The van der Waals surface area contributed by atoms with Crippen molar-refractivity contribution in [2.75, 3.05) is 13.4 Å². The molecule has 1 aromatic heterocycles. The summed E-state index contributed by atoms with van der Waals surface area (Å²) in [5.41, 5.74) is 2.31. The summed E-state index contributed by atoms with van der Waals surface area (Å²) in [7, 11) is 1.43. The lowest BCUT2D eigenvalue weighted by Gasteiger charge is -2.13. The Hall–Kier alpha value is -3.83. The Bertz CT molecular complexity index is 1170. The molecule has 1 heterocycles. The van der Waals surface area contributed by atoms with Gasteiger partial charge in [0.25, 0.3) is 5.88 Å². The molecule has 0 aliphatic rings. The first kappa shape index (κ1) is 21.9. The van der Waals surface area contributed by atoms with Crippen molar-refractivity contribution in [3.63, 3.8) is 0 Å². The molecule has 0 atom stereocenters.